The Morgan fingerprint density at radius 1 is 1.16 bits per heavy atom. The molecule has 0 bridgehead atoms. The van der Waals surface area contributed by atoms with Gasteiger partial charge in [-0.2, -0.15) is 0 Å². The molecule has 2 aliphatic rings. The zero-order chi connectivity index (χ0) is 22.0. The van der Waals surface area contributed by atoms with E-state index in [4.69, 9.17) is 22.1 Å². The molecule has 1 saturated carbocycles. The number of amides is 1. The lowest BCUT2D eigenvalue weighted by Crippen LogP contribution is -2.52. The van der Waals surface area contributed by atoms with Crippen molar-refractivity contribution in [2.75, 3.05) is 0 Å². The fourth-order valence-electron chi connectivity index (χ4n) is 5.19. The molecule has 1 fully saturated rings. The number of nitrogens with two attached hydrogens (primary N) is 1. The van der Waals surface area contributed by atoms with Crippen LogP contribution in [0.3, 0.4) is 0 Å². The van der Waals surface area contributed by atoms with Crippen LogP contribution in [-0.4, -0.2) is 27.2 Å². The predicted molar refractivity (Wildman–Crippen MR) is 117 cm³/mol. The van der Waals surface area contributed by atoms with Gasteiger partial charge >= 0.3 is 0 Å². The monoisotopic (exact) mass is 500 g/mol. The van der Waals surface area contributed by atoms with Crippen molar-refractivity contribution in [1.82, 2.24) is 4.98 Å². The highest BCUT2D eigenvalue weighted by atomic mass is 79.9. The van der Waals surface area contributed by atoms with E-state index in [1.807, 2.05) is 42.5 Å². The average Bonchev–Trinajstić information content (AvgIpc) is 3.12. The number of nitrogens with zero attached hydrogens (tertiary/aromatic N) is 1. The first-order valence-corrected chi connectivity index (χ1v) is 10.8. The molecule has 0 saturated heterocycles. The number of carbonyl (C=O) groups excluding carboxylic acids is 1. The lowest BCUT2D eigenvalue weighted by molar-refractivity contribution is -0.153. The minimum Gasteiger partial charge on any atom is -0.478 e. The van der Waals surface area contributed by atoms with Gasteiger partial charge in [-0.3, -0.25) is 4.79 Å². The molecule has 1 aliphatic carbocycles. The number of hydrogen-bond acceptors (Lipinski definition) is 5. The number of pyridine rings is 1. The van der Waals surface area contributed by atoms with Crippen LogP contribution in [0.15, 0.2) is 71.3 Å². The standard InChI is InChI=1S/C23H18BrClN2O4/c24-14-8-6-13(7-9-14)23-19(12-4-2-1-3-5-12)18(21(26)29)20(28)22(23,30)15-11-27-17(25)10-16(15)31-23/h1-11,18-20,28,30H,(H2,26,29)/t18-,19-,20-,22+,23+/m1/s1. The fourth-order valence-corrected chi connectivity index (χ4v) is 5.60. The van der Waals surface area contributed by atoms with Gasteiger partial charge in [0.25, 0.3) is 0 Å². The third-order valence-electron chi connectivity index (χ3n) is 6.41. The lowest BCUT2D eigenvalue weighted by atomic mass is 9.71. The highest BCUT2D eigenvalue weighted by Gasteiger charge is 2.77. The molecule has 3 aromatic rings. The van der Waals surface area contributed by atoms with Gasteiger partial charge in [-0.05, 0) is 23.3 Å². The highest BCUT2D eigenvalue weighted by molar-refractivity contribution is 9.10. The Kier molecular flexibility index (Phi) is 4.64. The van der Waals surface area contributed by atoms with Crippen LogP contribution in [0.2, 0.25) is 5.15 Å². The van der Waals surface area contributed by atoms with Gasteiger partial charge < -0.3 is 20.7 Å². The van der Waals surface area contributed by atoms with Gasteiger partial charge in [0.1, 0.15) is 17.0 Å². The summed E-state index contributed by atoms with van der Waals surface area (Å²) in [7, 11) is 0. The smallest absolute Gasteiger partial charge is 0.224 e. The topological polar surface area (TPSA) is 106 Å². The summed E-state index contributed by atoms with van der Waals surface area (Å²) >= 11 is 9.52. The molecule has 2 aromatic carbocycles. The summed E-state index contributed by atoms with van der Waals surface area (Å²) in [4.78, 5) is 16.7. The number of aliphatic hydroxyl groups excluding tert-OH is 1. The Hall–Kier alpha value is -2.45. The molecule has 1 amide bonds. The minimum atomic E-state index is -1.99. The predicted octanol–water partition coefficient (Wildman–Crippen LogP) is 3.23. The Morgan fingerprint density at radius 3 is 2.48 bits per heavy atom. The van der Waals surface area contributed by atoms with Crippen molar-refractivity contribution in [3.05, 3.63) is 93.2 Å². The highest BCUT2D eigenvalue weighted by Crippen LogP contribution is 2.68. The summed E-state index contributed by atoms with van der Waals surface area (Å²) in [5.41, 5.74) is 3.79. The van der Waals surface area contributed by atoms with Crippen LogP contribution in [0.4, 0.5) is 0 Å². The van der Waals surface area contributed by atoms with Crippen LogP contribution in [0.1, 0.15) is 22.6 Å². The summed E-state index contributed by atoms with van der Waals surface area (Å²) in [6.45, 7) is 0. The number of hydrogen-bond donors (Lipinski definition) is 3. The third kappa shape index (κ3) is 2.64. The third-order valence-corrected chi connectivity index (χ3v) is 7.14. The number of benzene rings is 2. The normalized spacial score (nSPS) is 31.0. The molecule has 0 spiro atoms. The first-order chi connectivity index (χ1) is 14.8. The molecule has 0 unspecified atom stereocenters. The largest absolute Gasteiger partial charge is 0.478 e. The van der Waals surface area contributed by atoms with E-state index in [2.05, 4.69) is 20.9 Å². The van der Waals surface area contributed by atoms with E-state index in [0.717, 1.165) is 4.47 Å². The van der Waals surface area contributed by atoms with Gasteiger partial charge in [-0.15, -0.1) is 0 Å². The van der Waals surface area contributed by atoms with Gasteiger partial charge in [0.2, 0.25) is 5.91 Å². The second-order valence-corrected chi connectivity index (χ2v) is 9.18. The van der Waals surface area contributed by atoms with E-state index in [-0.39, 0.29) is 10.7 Å². The van der Waals surface area contributed by atoms with Crippen LogP contribution in [0, 0.1) is 5.92 Å². The maximum Gasteiger partial charge on any atom is 0.224 e. The van der Waals surface area contributed by atoms with Crippen molar-refractivity contribution < 1.29 is 19.7 Å². The first-order valence-electron chi connectivity index (χ1n) is 9.66. The molecule has 5 atom stereocenters. The summed E-state index contributed by atoms with van der Waals surface area (Å²) in [6, 6.07) is 17.9. The number of aromatic nitrogens is 1. The summed E-state index contributed by atoms with van der Waals surface area (Å²) in [5.74, 6) is -2.32. The van der Waals surface area contributed by atoms with E-state index >= 15 is 0 Å². The molecule has 8 heteroatoms. The van der Waals surface area contributed by atoms with Crippen LogP contribution in [-0.2, 0) is 16.0 Å². The zero-order valence-electron chi connectivity index (χ0n) is 16.1. The van der Waals surface area contributed by atoms with Crippen LogP contribution in [0.5, 0.6) is 5.75 Å². The van der Waals surface area contributed by atoms with Gasteiger partial charge in [0.15, 0.2) is 11.2 Å². The molecule has 4 N–H and O–H groups in total. The van der Waals surface area contributed by atoms with E-state index < -0.39 is 35.0 Å². The van der Waals surface area contributed by atoms with Crippen molar-refractivity contribution in [3.8, 4) is 5.75 Å². The van der Waals surface area contributed by atoms with Crippen molar-refractivity contribution >= 4 is 33.4 Å². The summed E-state index contributed by atoms with van der Waals surface area (Å²) in [5, 5.41) is 23.8. The van der Waals surface area contributed by atoms with Crippen molar-refractivity contribution in [3.63, 3.8) is 0 Å². The quantitative estimate of drug-likeness (QED) is 0.478. The average molecular weight is 502 g/mol. The zero-order valence-corrected chi connectivity index (χ0v) is 18.4. The molecule has 2 heterocycles. The molecule has 6 nitrogen and oxygen atoms in total. The van der Waals surface area contributed by atoms with Gasteiger partial charge in [-0.25, -0.2) is 4.98 Å². The van der Waals surface area contributed by atoms with Crippen LogP contribution < -0.4 is 10.5 Å². The Labute approximate surface area is 191 Å². The number of carbonyl (C=O) groups is 1. The Morgan fingerprint density at radius 2 is 1.84 bits per heavy atom. The fraction of sp³-hybridized carbons (Fsp3) is 0.217. The SMILES string of the molecule is NC(=O)[C@H]1[C@@H](O)[C@@]2(O)c3cnc(Cl)cc3O[C@@]2(c2ccc(Br)cc2)[C@@H]1c1ccccc1. The summed E-state index contributed by atoms with van der Waals surface area (Å²) < 4.78 is 7.32. The molecular weight excluding hydrogens is 484 g/mol. The molecule has 1 aliphatic heterocycles. The first kappa shape index (κ1) is 20.5. The second kappa shape index (κ2) is 7.03. The Bertz CT molecular complexity index is 1180. The number of aliphatic hydroxyl groups is 2. The number of fused-ring (bicyclic) bond motifs is 3. The number of rotatable bonds is 3. The maximum atomic E-state index is 12.6. The maximum absolute atomic E-state index is 12.6. The van der Waals surface area contributed by atoms with Crippen LogP contribution in [0.25, 0.3) is 0 Å². The number of primary amides is 1. The van der Waals surface area contributed by atoms with Gasteiger partial charge in [0, 0.05) is 22.7 Å². The number of halogens is 2. The molecule has 31 heavy (non-hydrogen) atoms. The number of ether oxygens (including phenoxy) is 1. The molecule has 158 valence electrons. The van der Waals surface area contributed by atoms with Crippen LogP contribution >= 0.6 is 27.5 Å². The molecule has 5 rings (SSSR count). The van der Waals surface area contributed by atoms with E-state index in [1.165, 1.54) is 12.3 Å². The lowest BCUT2D eigenvalue weighted by Gasteiger charge is -2.40. The van der Waals surface area contributed by atoms with Crippen molar-refractivity contribution in [2.24, 2.45) is 11.7 Å². The van der Waals surface area contributed by atoms with Gasteiger partial charge in [-0.1, -0.05) is 70.0 Å². The molecule has 0 radical (unpaired) electrons. The van der Waals surface area contributed by atoms with Crippen molar-refractivity contribution in [2.45, 2.75) is 23.2 Å². The minimum absolute atomic E-state index is 0.186. The van der Waals surface area contributed by atoms with Gasteiger partial charge in [0.05, 0.1) is 11.5 Å². The molecule has 1 aromatic heterocycles. The second-order valence-electron chi connectivity index (χ2n) is 7.88. The van der Waals surface area contributed by atoms with E-state index in [0.29, 0.717) is 16.9 Å². The Balaban J connectivity index is 1.87. The van der Waals surface area contributed by atoms with E-state index in [9.17, 15) is 15.0 Å². The van der Waals surface area contributed by atoms with Crippen molar-refractivity contribution in [1.29, 1.82) is 0 Å². The van der Waals surface area contributed by atoms with E-state index in [1.54, 1.807) is 12.1 Å². The summed E-state index contributed by atoms with van der Waals surface area (Å²) in [6.07, 6.45) is -0.157. The molecular formula is C23H18BrClN2O4.